The summed E-state index contributed by atoms with van der Waals surface area (Å²) in [6, 6.07) is 17.8. The third-order valence-corrected chi connectivity index (χ3v) is 2.98. The molecule has 0 radical (unpaired) electrons. The van der Waals surface area contributed by atoms with Gasteiger partial charge in [0.05, 0.1) is 6.04 Å². The summed E-state index contributed by atoms with van der Waals surface area (Å²) in [7, 11) is 0. The first kappa shape index (κ1) is 10.1. The number of hydrogen-bond acceptors (Lipinski definition) is 2. The van der Waals surface area contributed by atoms with Gasteiger partial charge in [-0.15, -0.1) is 0 Å². The van der Waals surface area contributed by atoms with E-state index in [1.165, 1.54) is 0 Å². The van der Waals surface area contributed by atoms with Gasteiger partial charge in [-0.25, -0.2) is 5.43 Å². The van der Waals surface area contributed by atoms with Gasteiger partial charge in [-0.2, -0.15) is 0 Å². The topological polar surface area (TPSA) is 41.1 Å². The molecule has 0 bridgehead atoms. The van der Waals surface area contributed by atoms with Crippen molar-refractivity contribution in [3.8, 4) is 0 Å². The van der Waals surface area contributed by atoms with Gasteiger partial charge in [-0.05, 0) is 17.2 Å². The lowest BCUT2D eigenvalue weighted by Crippen LogP contribution is -2.45. The lowest BCUT2D eigenvalue weighted by molar-refractivity contribution is 0.0913. The van der Waals surface area contributed by atoms with E-state index < -0.39 is 0 Å². The van der Waals surface area contributed by atoms with Crippen LogP contribution >= 0.6 is 0 Å². The minimum atomic E-state index is -0.0761. The van der Waals surface area contributed by atoms with Crippen LogP contribution < -0.4 is 10.9 Å². The van der Waals surface area contributed by atoms with Crippen LogP contribution in [0.2, 0.25) is 0 Å². The zero-order chi connectivity index (χ0) is 11.7. The fourth-order valence-corrected chi connectivity index (χ4v) is 2.15. The van der Waals surface area contributed by atoms with Crippen molar-refractivity contribution < 1.29 is 4.79 Å². The number of benzene rings is 2. The average Bonchev–Trinajstić information content (AvgIpc) is 2.41. The molecule has 1 atom stereocenters. The fourth-order valence-electron chi connectivity index (χ4n) is 2.15. The van der Waals surface area contributed by atoms with Gasteiger partial charge in [0.25, 0.3) is 5.91 Å². The molecule has 0 aromatic heterocycles. The number of carbonyl (C=O) groups excluding carboxylic acids is 1. The maximum absolute atomic E-state index is 11.7. The smallest absolute Gasteiger partial charge is 0.265 e. The molecule has 0 aliphatic carbocycles. The third-order valence-electron chi connectivity index (χ3n) is 2.98. The molecular weight excluding hydrogens is 212 g/mol. The largest absolute Gasteiger partial charge is 0.287 e. The highest BCUT2D eigenvalue weighted by atomic mass is 16.2. The molecule has 1 amide bonds. The predicted octanol–water partition coefficient (Wildman–Crippen LogP) is 2.02. The number of hydrazine groups is 1. The van der Waals surface area contributed by atoms with Gasteiger partial charge in [0.2, 0.25) is 0 Å². The van der Waals surface area contributed by atoms with Crippen LogP contribution in [0.3, 0.4) is 0 Å². The molecule has 0 spiro atoms. The molecule has 2 N–H and O–H groups in total. The van der Waals surface area contributed by atoms with Crippen LogP contribution in [-0.4, -0.2) is 5.91 Å². The highest BCUT2D eigenvalue weighted by Crippen LogP contribution is 2.26. The average molecular weight is 224 g/mol. The molecule has 2 aromatic rings. The number of nitrogens with one attached hydrogen (secondary N) is 2. The van der Waals surface area contributed by atoms with Gasteiger partial charge in [0.1, 0.15) is 0 Å². The predicted molar refractivity (Wildman–Crippen MR) is 65.3 cm³/mol. The van der Waals surface area contributed by atoms with E-state index in [9.17, 15) is 4.79 Å². The number of hydrogen-bond donors (Lipinski definition) is 2. The van der Waals surface area contributed by atoms with Gasteiger partial charge >= 0.3 is 0 Å². The number of amides is 1. The third kappa shape index (κ3) is 1.70. The Kier molecular flexibility index (Phi) is 2.38. The highest BCUT2D eigenvalue weighted by molar-refractivity contribution is 5.96. The zero-order valence-electron chi connectivity index (χ0n) is 9.18. The summed E-state index contributed by atoms with van der Waals surface area (Å²) in [5.74, 6) is -0.0761. The lowest BCUT2D eigenvalue weighted by Gasteiger charge is -2.27. The van der Waals surface area contributed by atoms with Crippen LogP contribution in [0.5, 0.6) is 0 Å². The first-order chi connectivity index (χ1) is 8.36. The summed E-state index contributed by atoms with van der Waals surface area (Å²) >= 11 is 0. The number of fused-ring (bicyclic) bond motifs is 1. The summed E-state index contributed by atoms with van der Waals surface area (Å²) in [5.41, 5.74) is 8.63. The van der Waals surface area contributed by atoms with Crippen LogP contribution in [0.4, 0.5) is 0 Å². The Morgan fingerprint density at radius 2 is 1.59 bits per heavy atom. The Bertz CT molecular complexity index is 551. The van der Waals surface area contributed by atoms with Crippen molar-refractivity contribution in [2.24, 2.45) is 0 Å². The standard InChI is InChI=1S/C14H12N2O/c17-14-12-9-5-4-8-11(12)13(15-16-14)10-6-2-1-3-7-10/h1-9,13,15H,(H,16,17)/t13-/m1/s1. The molecule has 3 rings (SSSR count). The van der Waals surface area contributed by atoms with Crippen molar-refractivity contribution in [1.82, 2.24) is 10.9 Å². The number of carbonyl (C=O) groups is 1. The van der Waals surface area contributed by atoms with Gasteiger partial charge < -0.3 is 0 Å². The molecule has 0 saturated heterocycles. The molecule has 3 nitrogen and oxygen atoms in total. The minimum Gasteiger partial charge on any atom is -0.287 e. The maximum Gasteiger partial charge on any atom is 0.265 e. The van der Waals surface area contributed by atoms with Crippen LogP contribution in [-0.2, 0) is 0 Å². The molecule has 0 saturated carbocycles. The van der Waals surface area contributed by atoms with E-state index in [-0.39, 0.29) is 11.9 Å². The van der Waals surface area contributed by atoms with E-state index in [1.54, 1.807) is 0 Å². The van der Waals surface area contributed by atoms with Crippen molar-refractivity contribution in [1.29, 1.82) is 0 Å². The van der Waals surface area contributed by atoms with Crippen molar-refractivity contribution in [2.45, 2.75) is 6.04 Å². The monoisotopic (exact) mass is 224 g/mol. The van der Waals surface area contributed by atoms with Gasteiger partial charge in [-0.1, -0.05) is 48.5 Å². The summed E-state index contributed by atoms with van der Waals surface area (Å²) in [5, 5.41) is 0. The van der Waals surface area contributed by atoms with E-state index in [1.807, 2.05) is 54.6 Å². The van der Waals surface area contributed by atoms with E-state index in [4.69, 9.17) is 0 Å². The quantitative estimate of drug-likeness (QED) is 0.778. The molecule has 17 heavy (non-hydrogen) atoms. The zero-order valence-corrected chi connectivity index (χ0v) is 9.18. The van der Waals surface area contributed by atoms with Crippen molar-refractivity contribution in [3.63, 3.8) is 0 Å². The summed E-state index contributed by atoms with van der Waals surface area (Å²) < 4.78 is 0. The molecule has 1 heterocycles. The molecule has 0 fully saturated rings. The van der Waals surface area contributed by atoms with Gasteiger partial charge in [0, 0.05) is 5.56 Å². The second-order valence-electron chi connectivity index (χ2n) is 4.03. The number of rotatable bonds is 1. The van der Waals surface area contributed by atoms with E-state index in [0.717, 1.165) is 16.7 Å². The molecule has 3 heteroatoms. The highest BCUT2D eigenvalue weighted by Gasteiger charge is 2.25. The van der Waals surface area contributed by atoms with E-state index >= 15 is 0 Å². The van der Waals surface area contributed by atoms with Crippen LogP contribution in [0, 0.1) is 0 Å². The van der Waals surface area contributed by atoms with E-state index in [0.29, 0.717) is 0 Å². The SMILES string of the molecule is O=C1NN[C@H](c2ccccc2)c2ccccc21. The Morgan fingerprint density at radius 3 is 2.41 bits per heavy atom. The first-order valence-corrected chi connectivity index (χ1v) is 5.56. The maximum atomic E-state index is 11.7. The summed E-state index contributed by atoms with van der Waals surface area (Å²) in [6.07, 6.45) is 0. The Balaban J connectivity index is 2.10. The Labute approximate surface area is 99.4 Å². The van der Waals surface area contributed by atoms with Gasteiger partial charge in [-0.3, -0.25) is 10.2 Å². The molecule has 1 aliphatic heterocycles. The van der Waals surface area contributed by atoms with Crippen molar-refractivity contribution in [3.05, 3.63) is 71.3 Å². The molecule has 1 aliphatic rings. The van der Waals surface area contributed by atoms with Crippen LogP contribution in [0.1, 0.15) is 27.5 Å². The van der Waals surface area contributed by atoms with Crippen LogP contribution in [0.15, 0.2) is 54.6 Å². The summed E-state index contributed by atoms with van der Waals surface area (Å²) in [4.78, 5) is 11.7. The van der Waals surface area contributed by atoms with E-state index in [2.05, 4.69) is 10.9 Å². The van der Waals surface area contributed by atoms with Crippen molar-refractivity contribution in [2.75, 3.05) is 0 Å². The Hall–Kier alpha value is -2.13. The first-order valence-electron chi connectivity index (χ1n) is 5.56. The lowest BCUT2D eigenvalue weighted by atomic mass is 9.93. The summed E-state index contributed by atoms with van der Waals surface area (Å²) in [6.45, 7) is 0. The van der Waals surface area contributed by atoms with Crippen molar-refractivity contribution >= 4 is 5.91 Å². The molecular formula is C14H12N2O. The fraction of sp³-hybridized carbons (Fsp3) is 0.0714. The molecule has 2 aromatic carbocycles. The molecule has 84 valence electrons. The van der Waals surface area contributed by atoms with Gasteiger partial charge in [0.15, 0.2) is 0 Å². The minimum absolute atomic E-state index is 0.0186. The normalized spacial score (nSPS) is 18.4. The molecule has 0 unspecified atom stereocenters. The van der Waals surface area contributed by atoms with Crippen LogP contribution in [0.25, 0.3) is 0 Å². The second kappa shape index (κ2) is 4.03. The second-order valence-corrected chi connectivity index (χ2v) is 4.03. The Morgan fingerprint density at radius 1 is 0.882 bits per heavy atom.